The molecule has 0 atom stereocenters. The molecule has 0 heterocycles. The van der Waals surface area contributed by atoms with Gasteiger partial charge in [0, 0.05) is 5.69 Å². The molecule has 0 bridgehead atoms. The average Bonchev–Trinajstić information content (AvgIpc) is 2.09. The minimum Gasteiger partial charge on any atom is -0.497 e. The van der Waals surface area contributed by atoms with Crippen molar-refractivity contribution in [1.29, 1.82) is 0 Å². The van der Waals surface area contributed by atoms with Crippen LogP contribution in [0.5, 0.6) is 5.75 Å². The van der Waals surface area contributed by atoms with Gasteiger partial charge < -0.3 is 10.1 Å². The van der Waals surface area contributed by atoms with Crippen LogP contribution < -0.4 is 10.1 Å². The van der Waals surface area contributed by atoms with Crippen LogP contribution in [-0.4, -0.2) is 13.5 Å². The summed E-state index contributed by atoms with van der Waals surface area (Å²) in [6.07, 6.45) is 1.62. The third kappa shape index (κ3) is 1.75. The minimum atomic E-state index is 0.755. The number of rotatable bonds is 3. The third-order valence-electron chi connectivity index (χ3n) is 1.62. The van der Waals surface area contributed by atoms with Crippen molar-refractivity contribution < 1.29 is 9.53 Å². The van der Waals surface area contributed by atoms with Crippen molar-refractivity contribution in [2.75, 3.05) is 12.4 Å². The van der Waals surface area contributed by atoms with E-state index in [0.29, 0.717) is 0 Å². The van der Waals surface area contributed by atoms with Crippen molar-refractivity contribution in [3.8, 4) is 5.75 Å². The lowest BCUT2D eigenvalue weighted by molar-refractivity contribution is 0.414. The highest BCUT2D eigenvalue weighted by atomic mass is 16.5. The summed E-state index contributed by atoms with van der Waals surface area (Å²) in [7, 11) is 1.60. The molecule has 1 amide bonds. The van der Waals surface area contributed by atoms with E-state index in [9.17, 15) is 4.79 Å². The fourth-order valence-electron chi connectivity index (χ4n) is 0.958. The van der Waals surface area contributed by atoms with Crippen molar-refractivity contribution >= 4 is 12.1 Å². The average molecular weight is 164 g/mol. The molecular formula is C9H10NO2. The number of anilines is 1. The van der Waals surface area contributed by atoms with Crippen molar-refractivity contribution in [2.24, 2.45) is 0 Å². The number of hydrogen-bond acceptors (Lipinski definition) is 2. The van der Waals surface area contributed by atoms with E-state index >= 15 is 0 Å². The second-order valence-corrected chi connectivity index (χ2v) is 2.41. The van der Waals surface area contributed by atoms with E-state index in [1.807, 2.05) is 13.0 Å². The Kier molecular flexibility index (Phi) is 2.69. The fourth-order valence-corrected chi connectivity index (χ4v) is 0.958. The van der Waals surface area contributed by atoms with Crippen LogP contribution in [0.1, 0.15) is 5.56 Å². The van der Waals surface area contributed by atoms with Crippen LogP contribution in [0.3, 0.4) is 0 Å². The summed E-state index contributed by atoms with van der Waals surface area (Å²) in [5.74, 6) is 0.781. The molecule has 0 aliphatic rings. The zero-order valence-electron chi connectivity index (χ0n) is 7.05. The fraction of sp³-hybridized carbons (Fsp3) is 0.222. The van der Waals surface area contributed by atoms with Gasteiger partial charge in [0.15, 0.2) is 0 Å². The lowest BCUT2D eigenvalue weighted by atomic mass is 10.2. The number of benzene rings is 1. The number of aryl methyl sites for hydroxylation is 1. The van der Waals surface area contributed by atoms with Gasteiger partial charge in [-0.05, 0) is 30.7 Å². The minimum absolute atomic E-state index is 0.755. The zero-order chi connectivity index (χ0) is 8.97. The topological polar surface area (TPSA) is 38.3 Å². The first-order valence-corrected chi connectivity index (χ1v) is 3.55. The Morgan fingerprint density at radius 3 is 2.75 bits per heavy atom. The van der Waals surface area contributed by atoms with Crippen LogP contribution in [-0.2, 0) is 4.79 Å². The molecule has 0 saturated carbocycles. The molecule has 1 rings (SSSR count). The molecule has 0 fully saturated rings. The summed E-state index contributed by atoms with van der Waals surface area (Å²) in [4.78, 5) is 10.0. The first-order chi connectivity index (χ1) is 5.77. The molecule has 12 heavy (non-hydrogen) atoms. The van der Waals surface area contributed by atoms with Crippen molar-refractivity contribution in [3.05, 3.63) is 23.8 Å². The highest BCUT2D eigenvalue weighted by molar-refractivity contribution is 5.74. The van der Waals surface area contributed by atoms with E-state index in [1.54, 1.807) is 25.7 Å². The van der Waals surface area contributed by atoms with E-state index < -0.39 is 0 Å². The summed E-state index contributed by atoms with van der Waals surface area (Å²) in [5.41, 5.74) is 1.71. The number of ether oxygens (including phenoxy) is 1. The maximum Gasteiger partial charge on any atom is 0.314 e. The van der Waals surface area contributed by atoms with E-state index in [0.717, 1.165) is 17.0 Å². The Bertz CT molecular complexity index is 284. The predicted octanol–water partition coefficient (Wildman–Crippen LogP) is 1.48. The summed E-state index contributed by atoms with van der Waals surface area (Å²) in [6, 6.07) is 5.41. The molecule has 0 unspecified atom stereocenters. The summed E-state index contributed by atoms with van der Waals surface area (Å²) < 4.78 is 5.00. The maximum atomic E-state index is 10.0. The van der Waals surface area contributed by atoms with Gasteiger partial charge in [0.1, 0.15) is 5.75 Å². The molecule has 1 N–H and O–H groups in total. The SMILES string of the molecule is COc1ccc(N[C]=O)c(C)c1. The smallest absolute Gasteiger partial charge is 0.314 e. The number of nitrogens with one attached hydrogen (secondary N) is 1. The lowest BCUT2D eigenvalue weighted by Crippen LogP contribution is -1.96. The predicted molar refractivity (Wildman–Crippen MR) is 47.0 cm³/mol. The molecular weight excluding hydrogens is 154 g/mol. The Hall–Kier alpha value is -1.51. The van der Waals surface area contributed by atoms with Gasteiger partial charge in [-0.2, -0.15) is 0 Å². The van der Waals surface area contributed by atoms with E-state index in [4.69, 9.17) is 4.74 Å². The van der Waals surface area contributed by atoms with Gasteiger partial charge in [-0.3, -0.25) is 4.79 Å². The molecule has 1 aromatic carbocycles. The van der Waals surface area contributed by atoms with E-state index in [1.165, 1.54) is 0 Å². The van der Waals surface area contributed by atoms with Gasteiger partial charge in [-0.25, -0.2) is 0 Å². The molecule has 63 valence electrons. The zero-order valence-corrected chi connectivity index (χ0v) is 7.05. The van der Waals surface area contributed by atoms with Crippen molar-refractivity contribution in [2.45, 2.75) is 6.92 Å². The quantitative estimate of drug-likeness (QED) is 0.687. The van der Waals surface area contributed by atoms with Crippen molar-refractivity contribution in [3.63, 3.8) is 0 Å². The summed E-state index contributed by atoms with van der Waals surface area (Å²) >= 11 is 0. The first kappa shape index (κ1) is 8.59. The maximum absolute atomic E-state index is 10.0. The number of methoxy groups -OCH3 is 1. The van der Waals surface area contributed by atoms with Crippen LogP contribution in [0.25, 0.3) is 0 Å². The highest BCUT2D eigenvalue weighted by Crippen LogP contribution is 2.20. The van der Waals surface area contributed by atoms with Crippen LogP contribution in [0.2, 0.25) is 0 Å². The molecule has 0 saturated heterocycles. The first-order valence-electron chi connectivity index (χ1n) is 3.55. The Labute approximate surface area is 71.4 Å². The second kappa shape index (κ2) is 3.76. The van der Waals surface area contributed by atoms with Gasteiger partial charge in [0.05, 0.1) is 7.11 Å². The van der Waals surface area contributed by atoms with Gasteiger partial charge in [-0.1, -0.05) is 0 Å². The molecule has 0 aliphatic heterocycles. The largest absolute Gasteiger partial charge is 0.497 e. The molecule has 3 heteroatoms. The number of carbonyl (C=O) groups excluding carboxylic acids is 1. The molecule has 0 aliphatic carbocycles. The van der Waals surface area contributed by atoms with Crippen LogP contribution >= 0.6 is 0 Å². The van der Waals surface area contributed by atoms with Gasteiger partial charge in [0.25, 0.3) is 0 Å². The lowest BCUT2D eigenvalue weighted by Gasteiger charge is -2.05. The summed E-state index contributed by atoms with van der Waals surface area (Å²) in [6.45, 7) is 1.89. The molecule has 1 radical (unpaired) electrons. The van der Waals surface area contributed by atoms with Crippen LogP contribution in [0.15, 0.2) is 18.2 Å². The Morgan fingerprint density at radius 2 is 2.25 bits per heavy atom. The number of amides is 1. The molecule has 3 nitrogen and oxygen atoms in total. The Morgan fingerprint density at radius 1 is 1.50 bits per heavy atom. The molecule has 0 spiro atoms. The van der Waals surface area contributed by atoms with Gasteiger partial charge in [-0.15, -0.1) is 0 Å². The molecule has 0 aromatic heterocycles. The second-order valence-electron chi connectivity index (χ2n) is 2.41. The Balaban J connectivity index is 2.94. The monoisotopic (exact) mass is 164 g/mol. The number of hydrogen-bond donors (Lipinski definition) is 1. The highest BCUT2D eigenvalue weighted by Gasteiger charge is 1.98. The van der Waals surface area contributed by atoms with Crippen molar-refractivity contribution in [1.82, 2.24) is 0 Å². The van der Waals surface area contributed by atoms with Crippen LogP contribution in [0.4, 0.5) is 5.69 Å². The van der Waals surface area contributed by atoms with E-state index in [-0.39, 0.29) is 0 Å². The van der Waals surface area contributed by atoms with Crippen LogP contribution in [0, 0.1) is 6.92 Å². The third-order valence-corrected chi connectivity index (χ3v) is 1.62. The van der Waals surface area contributed by atoms with E-state index in [2.05, 4.69) is 5.32 Å². The van der Waals surface area contributed by atoms with Gasteiger partial charge in [0.2, 0.25) is 0 Å². The van der Waals surface area contributed by atoms with Gasteiger partial charge >= 0.3 is 6.41 Å². The molecule has 1 aromatic rings. The summed E-state index contributed by atoms with van der Waals surface area (Å²) in [5, 5.41) is 2.47. The normalized spacial score (nSPS) is 9.17. The standard InChI is InChI=1S/C9H10NO2/c1-7-5-8(12-2)3-4-9(7)10-6-11/h3-5H,1-2H3,(H,10,11).